The second-order valence-electron chi connectivity index (χ2n) is 6.70. The summed E-state index contributed by atoms with van der Waals surface area (Å²) in [5, 5.41) is 2.74. The zero-order valence-electron chi connectivity index (χ0n) is 15.5. The molecule has 3 rings (SSSR count). The Balaban J connectivity index is 1.57. The number of pyridine rings is 1. The average Bonchev–Trinajstić information content (AvgIpc) is 2.68. The summed E-state index contributed by atoms with van der Waals surface area (Å²) < 4.78 is 27.5. The molecule has 0 fully saturated rings. The molecule has 6 nitrogen and oxygen atoms in total. The van der Waals surface area contributed by atoms with Crippen LogP contribution in [-0.2, 0) is 34.1 Å². The van der Waals surface area contributed by atoms with E-state index in [0.29, 0.717) is 5.82 Å². The van der Waals surface area contributed by atoms with Crippen molar-refractivity contribution in [1.82, 2.24) is 9.71 Å². The summed E-state index contributed by atoms with van der Waals surface area (Å²) in [6.45, 7) is 2.03. The highest BCUT2D eigenvalue weighted by Crippen LogP contribution is 2.24. The number of hydrogen-bond donors (Lipinski definition) is 2. The van der Waals surface area contributed by atoms with E-state index in [1.165, 1.54) is 5.56 Å². The number of fused-ring (bicyclic) bond motifs is 1. The van der Waals surface area contributed by atoms with Crippen LogP contribution >= 0.6 is 0 Å². The molecule has 0 unspecified atom stereocenters. The molecule has 1 amide bonds. The van der Waals surface area contributed by atoms with E-state index < -0.39 is 10.0 Å². The smallest absolute Gasteiger partial charge is 0.240 e. The lowest BCUT2D eigenvalue weighted by Crippen LogP contribution is -2.28. The van der Waals surface area contributed by atoms with E-state index in [2.05, 4.69) is 15.0 Å². The number of nitrogens with zero attached hydrogens (tertiary/aromatic N) is 1. The van der Waals surface area contributed by atoms with Crippen molar-refractivity contribution >= 4 is 21.7 Å². The number of benzene rings is 1. The first-order valence-corrected chi connectivity index (χ1v) is 10.8. The van der Waals surface area contributed by atoms with Gasteiger partial charge in [-0.3, -0.25) is 4.79 Å². The van der Waals surface area contributed by atoms with E-state index >= 15 is 0 Å². The molecule has 1 aromatic carbocycles. The SMILES string of the molecule is CCc1cccnc1NC(=O)CCNS(=O)(=O)c1ccc2c(c1)CCCC2. The largest absolute Gasteiger partial charge is 0.310 e. The molecule has 1 aliphatic rings. The van der Waals surface area contributed by atoms with Crippen LogP contribution < -0.4 is 10.0 Å². The van der Waals surface area contributed by atoms with Gasteiger partial charge in [-0.15, -0.1) is 0 Å². The molecule has 0 atom stereocenters. The van der Waals surface area contributed by atoms with Gasteiger partial charge in [-0.05, 0) is 67.0 Å². The minimum absolute atomic E-state index is 0.0412. The number of carbonyl (C=O) groups excluding carboxylic acids is 1. The van der Waals surface area contributed by atoms with E-state index in [0.717, 1.165) is 43.2 Å². The van der Waals surface area contributed by atoms with E-state index in [1.54, 1.807) is 18.3 Å². The fraction of sp³-hybridized carbons (Fsp3) is 0.400. The highest BCUT2D eigenvalue weighted by Gasteiger charge is 2.18. The Morgan fingerprint density at radius 3 is 2.70 bits per heavy atom. The summed E-state index contributed by atoms with van der Waals surface area (Å²) in [5.74, 6) is 0.263. The van der Waals surface area contributed by atoms with Gasteiger partial charge >= 0.3 is 0 Å². The molecule has 144 valence electrons. The molecule has 1 aliphatic carbocycles. The van der Waals surface area contributed by atoms with Crippen molar-refractivity contribution in [1.29, 1.82) is 0 Å². The summed E-state index contributed by atoms with van der Waals surface area (Å²) in [5.41, 5.74) is 3.30. The summed E-state index contributed by atoms with van der Waals surface area (Å²) >= 11 is 0. The lowest BCUT2D eigenvalue weighted by atomic mass is 9.92. The zero-order chi connectivity index (χ0) is 19.3. The standard InChI is InChI=1S/C20H25N3O3S/c1-2-15-8-5-12-21-20(15)23-19(24)11-13-22-27(25,26)18-10-9-16-6-3-4-7-17(16)14-18/h5,8-10,12,14,22H,2-4,6-7,11,13H2,1H3,(H,21,23,24). The van der Waals surface area contributed by atoms with Gasteiger partial charge in [0.15, 0.2) is 0 Å². The van der Waals surface area contributed by atoms with Crippen molar-refractivity contribution in [2.75, 3.05) is 11.9 Å². The Morgan fingerprint density at radius 1 is 1.15 bits per heavy atom. The predicted octanol–water partition coefficient (Wildman–Crippen LogP) is 2.83. The minimum Gasteiger partial charge on any atom is -0.310 e. The van der Waals surface area contributed by atoms with E-state index in [9.17, 15) is 13.2 Å². The molecule has 0 spiro atoms. The lowest BCUT2D eigenvalue weighted by molar-refractivity contribution is -0.116. The van der Waals surface area contributed by atoms with Crippen LogP contribution in [0.3, 0.4) is 0 Å². The fourth-order valence-corrected chi connectivity index (χ4v) is 4.37. The Kier molecular flexibility index (Phi) is 6.23. The van der Waals surface area contributed by atoms with Crippen molar-refractivity contribution in [2.24, 2.45) is 0 Å². The molecule has 0 saturated heterocycles. The quantitative estimate of drug-likeness (QED) is 0.765. The second-order valence-corrected chi connectivity index (χ2v) is 8.47. The van der Waals surface area contributed by atoms with Crippen LogP contribution in [0.15, 0.2) is 41.4 Å². The summed E-state index contributed by atoms with van der Waals surface area (Å²) in [7, 11) is -3.62. The molecule has 2 N–H and O–H groups in total. The maximum absolute atomic E-state index is 12.5. The Hall–Kier alpha value is -2.25. The second kappa shape index (κ2) is 8.63. The number of anilines is 1. The number of hydrogen-bond acceptors (Lipinski definition) is 4. The summed E-state index contributed by atoms with van der Waals surface area (Å²) in [6, 6.07) is 9.04. The molecule has 1 aromatic heterocycles. The molecule has 7 heteroatoms. The Labute approximate surface area is 160 Å². The molecule has 1 heterocycles. The summed E-state index contributed by atoms with van der Waals surface area (Å²) in [4.78, 5) is 16.5. The molecule has 0 bridgehead atoms. The van der Waals surface area contributed by atoms with Gasteiger partial charge in [0.05, 0.1) is 4.90 Å². The molecule has 0 radical (unpaired) electrons. The van der Waals surface area contributed by atoms with E-state index in [4.69, 9.17) is 0 Å². The third kappa shape index (κ3) is 4.93. The molecule has 0 saturated carbocycles. The van der Waals surface area contributed by atoms with Crippen molar-refractivity contribution in [3.05, 3.63) is 53.2 Å². The Morgan fingerprint density at radius 2 is 1.93 bits per heavy atom. The lowest BCUT2D eigenvalue weighted by Gasteiger charge is -2.16. The van der Waals surface area contributed by atoms with Crippen LogP contribution in [0.4, 0.5) is 5.82 Å². The van der Waals surface area contributed by atoms with Gasteiger partial charge in [0.25, 0.3) is 0 Å². The van der Waals surface area contributed by atoms with E-state index in [1.807, 2.05) is 25.1 Å². The van der Waals surface area contributed by atoms with Gasteiger partial charge in [0.2, 0.25) is 15.9 Å². The summed E-state index contributed by atoms with van der Waals surface area (Å²) in [6.07, 6.45) is 6.60. The fourth-order valence-electron chi connectivity index (χ4n) is 3.29. The maximum Gasteiger partial charge on any atom is 0.240 e. The van der Waals surface area contributed by atoms with Crippen LogP contribution in [0.25, 0.3) is 0 Å². The van der Waals surface area contributed by atoms with Crippen LogP contribution in [0.2, 0.25) is 0 Å². The number of amides is 1. The average molecular weight is 388 g/mol. The third-order valence-corrected chi connectivity index (χ3v) is 6.26. The molecule has 27 heavy (non-hydrogen) atoms. The first-order valence-electron chi connectivity index (χ1n) is 9.35. The monoisotopic (exact) mass is 387 g/mol. The topological polar surface area (TPSA) is 88.2 Å². The van der Waals surface area contributed by atoms with E-state index in [-0.39, 0.29) is 23.8 Å². The van der Waals surface area contributed by atoms with Gasteiger partial charge in [0, 0.05) is 19.2 Å². The molecule has 2 aromatic rings. The minimum atomic E-state index is -3.62. The number of aromatic nitrogens is 1. The van der Waals surface area contributed by atoms with Crippen molar-refractivity contribution in [3.8, 4) is 0 Å². The number of carbonyl (C=O) groups is 1. The van der Waals surface area contributed by atoms with Gasteiger partial charge in [0.1, 0.15) is 5.82 Å². The molecule has 0 aliphatic heterocycles. The molecular weight excluding hydrogens is 362 g/mol. The maximum atomic E-state index is 12.5. The highest BCUT2D eigenvalue weighted by atomic mass is 32.2. The Bertz CT molecular complexity index is 926. The van der Waals surface area contributed by atoms with Crippen LogP contribution in [0, 0.1) is 0 Å². The van der Waals surface area contributed by atoms with Gasteiger partial charge in [-0.1, -0.05) is 19.1 Å². The van der Waals surface area contributed by atoms with Crippen LogP contribution in [0.5, 0.6) is 0 Å². The van der Waals surface area contributed by atoms with Gasteiger partial charge in [-0.25, -0.2) is 18.1 Å². The van der Waals surface area contributed by atoms with Crippen LogP contribution in [0.1, 0.15) is 42.9 Å². The van der Waals surface area contributed by atoms with Crippen molar-refractivity contribution in [2.45, 2.75) is 50.3 Å². The van der Waals surface area contributed by atoms with Gasteiger partial charge in [-0.2, -0.15) is 0 Å². The van der Waals surface area contributed by atoms with Gasteiger partial charge < -0.3 is 5.32 Å². The van der Waals surface area contributed by atoms with Crippen molar-refractivity contribution < 1.29 is 13.2 Å². The van der Waals surface area contributed by atoms with Crippen LogP contribution in [-0.4, -0.2) is 25.9 Å². The zero-order valence-corrected chi connectivity index (χ0v) is 16.3. The number of rotatable bonds is 7. The first-order chi connectivity index (χ1) is 13.0. The third-order valence-electron chi connectivity index (χ3n) is 4.80. The number of nitrogens with one attached hydrogen (secondary N) is 2. The first kappa shape index (κ1) is 19.5. The molecular formula is C20H25N3O3S. The number of aryl methyl sites for hydroxylation is 3. The highest BCUT2D eigenvalue weighted by molar-refractivity contribution is 7.89. The normalized spacial score (nSPS) is 13.8. The number of sulfonamides is 1. The predicted molar refractivity (Wildman–Crippen MR) is 105 cm³/mol. The van der Waals surface area contributed by atoms with Crippen molar-refractivity contribution in [3.63, 3.8) is 0 Å².